The summed E-state index contributed by atoms with van der Waals surface area (Å²) >= 11 is 12.9. The first-order valence-electron chi connectivity index (χ1n) is 6.88. The lowest BCUT2D eigenvalue weighted by Crippen LogP contribution is -2.11. The number of halogens is 2. The number of benzene rings is 2. The Bertz CT molecular complexity index is 835. The third-order valence-corrected chi connectivity index (χ3v) is 4.29. The molecule has 0 unspecified atom stereocenters. The molecule has 0 saturated heterocycles. The molecule has 1 N–H and O–H groups in total. The second kappa shape index (κ2) is 7.61. The third kappa shape index (κ3) is 4.44. The van der Waals surface area contributed by atoms with Crippen molar-refractivity contribution in [2.45, 2.75) is 6.61 Å². The molecule has 122 valence electrons. The molecule has 0 saturated carbocycles. The Morgan fingerprint density at radius 3 is 2.29 bits per heavy atom. The molecule has 5 nitrogen and oxygen atoms in total. The molecule has 24 heavy (non-hydrogen) atoms. The summed E-state index contributed by atoms with van der Waals surface area (Å²) in [5.41, 5.74) is 0.494. The number of aromatic nitrogens is 2. The Kier molecular flexibility index (Phi) is 5.30. The fourth-order valence-corrected chi connectivity index (χ4v) is 2.71. The molecule has 0 fully saturated rings. The van der Waals surface area contributed by atoms with Crippen molar-refractivity contribution in [2.75, 3.05) is 5.32 Å². The van der Waals surface area contributed by atoms with Gasteiger partial charge in [0.25, 0.3) is 5.91 Å². The van der Waals surface area contributed by atoms with Gasteiger partial charge in [-0.1, -0.05) is 34.5 Å². The van der Waals surface area contributed by atoms with E-state index in [1.807, 2.05) is 0 Å². The number of hydrogen-bond donors (Lipinski definition) is 1. The molecule has 1 amide bonds. The van der Waals surface area contributed by atoms with Crippen LogP contribution in [0.4, 0.5) is 5.13 Å². The van der Waals surface area contributed by atoms with Gasteiger partial charge in [-0.25, -0.2) is 0 Å². The van der Waals surface area contributed by atoms with Crippen LogP contribution in [0.1, 0.15) is 15.4 Å². The van der Waals surface area contributed by atoms with Crippen LogP contribution in [0.3, 0.4) is 0 Å². The number of nitrogens with one attached hydrogen (secondary N) is 1. The average Bonchev–Trinajstić information content (AvgIpc) is 3.02. The van der Waals surface area contributed by atoms with Gasteiger partial charge >= 0.3 is 0 Å². The lowest BCUT2D eigenvalue weighted by molar-refractivity contribution is 0.102. The minimum absolute atomic E-state index is 0.260. The second-order valence-electron chi connectivity index (χ2n) is 4.70. The first kappa shape index (κ1) is 16.7. The molecule has 3 aromatic rings. The number of rotatable bonds is 5. The fraction of sp³-hybridized carbons (Fsp3) is 0.0625. The minimum atomic E-state index is -0.270. The van der Waals surface area contributed by atoms with Gasteiger partial charge in [0.05, 0.1) is 0 Å². The normalized spacial score (nSPS) is 10.4. The largest absolute Gasteiger partial charge is 0.486 e. The average molecular weight is 380 g/mol. The first-order chi connectivity index (χ1) is 11.6. The zero-order valence-corrected chi connectivity index (χ0v) is 14.5. The summed E-state index contributed by atoms with van der Waals surface area (Å²) in [4.78, 5) is 12.1. The summed E-state index contributed by atoms with van der Waals surface area (Å²) in [5, 5.41) is 12.9. The van der Waals surface area contributed by atoms with Crippen LogP contribution in [0.25, 0.3) is 0 Å². The molecular formula is C16H11Cl2N3O2S. The minimum Gasteiger partial charge on any atom is -0.486 e. The molecular weight excluding hydrogens is 369 g/mol. The molecule has 0 aliphatic carbocycles. The molecule has 1 heterocycles. The van der Waals surface area contributed by atoms with E-state index in [-0.39, 0.29) is 12.5 Å². The quantitative estimate of drug-likeness (QED) is 0.698. The predicted molar refractivity (Wildman–Crippen MR) is 95.1 cm³/mol. The molecule has 0 aliphatic heterocycles. The standard InChI is InChI=1S/C16H11Cl2N3O2S/c17-11-3-1-10(2-4-11)15(22)19-16-21-20-14(24-16)9-23-13-7-5-12(18)6-8-13/h1-8H,9H2,(H,19,21,22). The Balaban J connectivity index is 1.58. The lowest BCUT2D eigenvalue weighted by Gasteiger charge is -2.03. The highest BCUT2D eigenvalue weighted by Crippen LogP contribution is 2.20. The van der Waals surface area contributed by atoms with Crippen LogP contribution < -0.4 is 10.1 Å². The second-order valence-corrected chi connectivity index (χ2v) is 6.64. The lowest BCUT2D eigenvalue weighted by atomic mass is 10.2. The summed E-state index contributed by atoms with van der Waals surface area (Å²) < 4.78 is 5.59. The SMILES string of the molecule is O=C(Nc1nnc(COc2ccc(Cl)cc2)s1)c1ccc(Cl)cc1. The maximum Gasteiger partial charge on any atom is 0.257 e. The maximum absolute atomic E-state index is 12.1. The summed E-state index contributed by atoms with van der Waals surface area (Å²) in [7, 11) is 0. The van der Waals surface area contributed by atoms with Crippen molar-refractivity contribution in [1.29, 1.82) is 0 Å². The molecule has 0 aliphatic rings. The smallest absolute Gasteiger partial charge is 0.257 e. The Morgan fingerprint density at radius 1 is 1.00 bits per heavy atom. The zero-order chi connectivity index (χ0) is 16.9. The molecule has 0 bridgehead atoms. The van der Waals surface area contributed by atoms with Gasteiger partial charge in [-0.3, -0.25) is 10.1 Å². The highest BCUT2D eigenvalue weighted by Gasteiger charge is 2.10. The van der Waals surface area contributed by atoms with E-state index < -0.39 is 0 Å². The summed E-state index contributed by atoms with van der Waals surface area (Å²) in [5.74, 6) is 0.411. The summed E-state index contributed by atoms with van der Waals surface area (Å²) in [6.07, 6.45) is 0. The van der Waals surface area contributed by atoms with Gasteiger partial charge in [0.2, 0.25) is 5.13 Å². The number of nitrogens with zero attached hydrogens (tertiary/aromatic N) is 2. The van der Waals surface area contributed by atoms with Crippen LogP contribution in [0, 0.1) is 0 Å². The summed E-state index contributed by atoms with van der Waals surface area (Å²) in [6.45, 7) is 0.260. The van der Waals surface area contributed by atoms with Crippen LogP contribution in [-0.2, 0) is 6.61 Å². The fourth-order valence-electron chi connectivity index (χ4n) is 1.81. The number of hydrogen-bond acceptors (Lipinski definition) is 5. The van der Waals surface area contributed by atoms with E-state index in [1.54, 1.807) is 48.5 Å². The number of amides is 1. The van der Waals surface area contributed by atoms with Crippen molar-refractivity contribution >= 4 is 45.6 Å². The Hall–Kier alpha value is -2.15. The van der Waals surface area contributed by atoms with Crippen molar-refractivity contribution in [3.8, 4) is 5.75 Å². The molecule has 1 aromatic heterocycles. The van der Waals surface area contributed by atoms with E-state index in [2.05, 4.69) is 15.5 Å². The molecule has 3 rings (SSSR count). The summed E-state index contributed by atoms with van der Waals surface area (Å²) in [6, 6.07) is 13.6. The predicted octanol–water partition coefficient (Wildman–Crippen LogP) is 4.68. The Morgan fingerprint density at radius 2 is 1.62 bits per heavy atom. The van der Waals surface area contributed by atoms with E-state index in [4.69, 9.17) is 27.9 Å². The van der Waals surface area contributed by atoms with Crippen molar-refractivity contribution in [1.82, 2.24) is 10.2 Å². The van der Waals surface area contributed by atoms with E-state index in [0.717, 1.165) is 0 Å². The van der Waals surface area contributed by atoms with Crippen molar-refractivity contribution in [3.05, 3.63) is 69.1 Å². The van der Waals surface area contributed by atoms with Crippen LogP contribution >= 0.6 is 34.5 Å². The van der Waals surface area contributed by atoms with Crippen LogP contribution in [0.2, 0.25) is 10.0 Å². The zero-order valence-electron chi connectivity index (χ0n) is 12.2. The van der Waals surface area contributed by atoms with Gasteiger partial charge in [0.1, 0.15) is 12.4 Å². The van der Waals surface area contributed by atoms with Crippen molar-refractivity contribution < 1.29 is 9.53 Å². The topological polar surface area (TPSA) is 64.1 Å². The van der Waals surface area contributed by atoms with E-state index in [9.17, 15) is 4.79 Å². The maximum atomic E-state index is 12.1. The van der Waals surface area contributed by atoms with Crippen LogP contribution in [0.15, 0.2) is 48.5 Å². The van der Waals surface area contributed by atoms with Gasteiger partial charge in [-0.05, 0) is 48.5 Å². The van der Waals surface area contributed by atoms with E-state index in [0.29, 0.717) is 31.5 Å². The number of carbonyl (C=O) groups excluding carboxylic acids is 1. The monoisotopic (exact) mass is 379 g/mol. The molecule has 0 atom stereocenters. The molecule has 0 radical (unpaired) electrons. The molecule has 0 spiro atoms. The Labute approximate surface area is 152 Å². The van der Waals surface area contributed by atoms with Gasteiger partial charge in [0.15, 0.2) is 5.01 Å². The highest BCUT2D eigenvalue weighted by molar-refractivity contribution is 7.15. The van der Waals surface area contributed by atoms with Crippen LogP contribution in [-0.4, -0.2) is 16.1 Å². The van der Waals surface area contributed by atoms with Gasteiger partial charge in [0, 0.05) is 15.6 Å². The number of carbonyl (C=O) groups is 1. The van der Waals surface area contributed by atoms with Gasteiger partial charge in [-0.15, -0.1) is 10.2 Å². The first-order valence-corrected chi connectivity index (χ1v) is 8.45. The third-order valence-electron chi connectivity index (χ3n) is 2.97. The highest BCUT2D eigenvalue weighted by atomic mass is 35.5. The van der Waals surface area contributed by atoms with Crippen LogP contribution in [0.5, 0.6) is 5.75 Å². The number of anilines is 1. The van der Waals surface area contributed by atoms with Crippen molar-refractivity contribution in [2.24, 2.45) is 0 Å². The van der Waals surface area contributed by atoms with Gasteiger partial charge in [-0.2, -0.15) is 0 Å². The van der Waals surface area contributed by atoms with Gasteiger partial charge < -0.3 is 4.74 Å². The van der Waals surface area contributed by atoms with E-state index >= 15 is 0 Å². The van der Waals surface area contributed by atoms with Crippen molar-refractivity contribution in [3.63, 3.8) is 0 Å². The molecule has 2 aromatic carbocycles. The number of ether oxygens (including phenoxy) is 1. The van der Waals surface area contributed by atoms with E-state index in [1.165, 1.54) is 11.3 Å². The molecule has 8 heteroatoms.